The Bertz CT molecular complexity index is 549. The van der Waals surface area contributed by atoms with Gasteiger partial charge in [-0.2, -0.15) is 0 Å². The van der Waals surface area contributed by atoms with E-state index in [9.17, 15) is 4.79 Å². The molecule has 5 nitrogen and oxygen atoms in total. The third-order valence-electron chi connectivity index (χ3n) is 5.44. The monoisotopic (exact) mass is 365 g/mol. The topological polar surface area (TPSA) is 58.4 Å². The molecule has 0 saturated carbocycles. The molecule has 1 rings (SSSR count). The Balaban J connectivity index is 2.89. The van der Waals surface area contributed by atoms with E-state index in [2.05, 4.69) is 50.0 Å². The van der Waals surface area contributed by atoms with Crippen LogP contribution >= 0.6 is 0 Å². The molecule has 0 aromatic carbocycles. The Morgan fingerprint density at radius 1 is 1.19 bits per heavy atom. The number of nitrogens with zero attached hydrogens (tertiary/aromatic N) is 2. The van der Waals surface area contributed by atoms with Gasteiger partial charge < -0.3 is 14.7 Å². The van der Waals surface area contributed by atoms with Crippen molar-refractivity contribution in [2.24, 2.45) is 5.41 Å². The number of nitrogens with one attached hydrogen (secondary N) is 1. The number of aryl methyl sites for hydroxylation is 1. The first-order chi connectivity index (χ1) is 12.3. The second kappa shape index (κ2) is 10.7. The standard InChI is InChI=1S/C21H39N3O2/c1-8-12-21(7,15-24(13-9-2)14-10-3)17(6)22-20(25)19-16(5)18(11-4)26-23-19/h17H,8-15H2,1-7H3,(H,22,25). The van der Waals surface area contributed by atoms with Crippen molar-refractivity contribution in [3.63, 3.8) is 0 Å². The summed E-state index contributed by atoms with van der Waals surface area (Å²) in [5.41, 5.74) is 1.31. The first-order valence-corrected chi connectivity index (χ1v) is 10.3. The molecule has 26 heavy (non-hydrogen) atoms. The fourth-order valence-corrected chi connectivity index (χ4v) is 3.77. The summed E-state index contributed by atoms with van der Waals surface area (Å²) in [7, 11) is 0. The Morgan fingerprint density at radius 2 is 1.81 bits per heavy atom. The lowest BCUT2D eigenvalue weighted by atomic mass is 9.78. The number of aromatic nitrogens is 1. The Hall–Kier alpha value is -1.36. The Kier molecular flexibility index (Phi) is 9.34. The lowest BCUT2D eigenvalue weighted by Gasteiger charge is -2.40. The minimum atomic E-state index is -0.127. The lowest BCUT2D eigenvalue weighted by molar-refractivity contribution is 0.0807. The number of carbonyl (C=O) groups is 1. The van der Waals surface area contributed by atoms with Crippen molar-refractivity contribution < 1.29 is 9.32 Å². The molecular formula is C21H39N3O2. The highest BCUT2D eigenvalue weighted by molar-refractivity contribution is 5.93. The highest BCUT2D eigenvalue weighted by Gasteiger charge is 2.34. The quantitative estimate of drug-likeness (QED) is 0.588. The van der Waals surface area contributed by atoms with Crippen molar-refractivity contribution in [1.82, 2.24) is 15.4 Å². The minimum Gasteiger partial charge on any atom is -0.360 e. The van der Waals surface area contributed by atoms with Gasteiger partial charge in [0.15, 0.2) is 5.69 Å². The summed E-state index contributed by atoms with van der Waals surface area (Å²) in [6, 6.07) is 0.0624. The highest BCUT2D eigenvalue weighted by atomic mass is 16.5. The van der Waals surface area contributed by atoms with Crippen LogP contribution in [0.4, 0.5) is 0 Å². The van der Waals surface area contributed by atoms with Crippen LogP contribution in [0.1, 0.15) is 89.0 Å². The zero-order valence-electron chi connectivity index (χ0n) is 17.9. The summed E-state index contributed by atoms with van der Waals surface area (Å²) in [5, 5.41) is 7.19. The lowest BCUT2D eigenvalue weighted by Crippen LogP contribution is -2.50. The molecule has 0 radical (unpaired) electrons. The molecule has 2 unspecified atom stereocenters. The third kappa shape index (κ3) is 5.83. The molecule has 0 spiro atoms. The van der Waals surface area contributed by atoms with Crippen molar-refractivity contribution in [3.8, 4) is 0 Å². The van der Waals surface area contributed by atoms with Crippen LogP contribution in [0.5, 0.6) is 0 Å². The highest BCUT2D eigenvalue weighted by Crippen LogP contribution is 2.30. The molecule has 0 saturated heterocycles. The van der Waals surface area contributed by atoms with Crippen LogP contribution in [-0.4, -0.2) is 41.6 Å². The van der Waals surface area contributed by atoms with Crippen molar-refractivity contribution in [3.05, 3.63) is 17.0 Å². The Morgan fingerprint density at radius 3 is 2.27 bits per heavy atom. The van der Waals surface area contributed by atoms with E-state index in [1.807, 2.05) is 13.8 Å². The van der Waals surface area contributed by atoms with Gasteiger partial charge in [0.2, 0.25) is 0 Å². The first-order valence-electron chi connectivity index (χ1n) is 10.3. The van der Waals surface area contributed by atoms with Gasteiger partial charge in [-0.1, -0.05) is 46.2 Å². The van der Waals surface area contributed by atoms with E-state index in [4.69, 9.17) is 4.52 Å². The smallest absolute Gasteiger partial charge is 0.273 e. The number of rotatable bonds is 12. The summed E-state index contributed by atoms with van der Waals surface area (Å²) < 4.78 is 5.29. The van der Waals surface area contributed by atoms with Gasteiger partial charge in [0.1, 0.15) is 5.76 Å². The van der Waals surface area contributed by atoms with Crippen molar-refractivity contribution in [2.75, 3.05) is 19.6 Å². The van der Waals surface area contributed by atoms with E-state index in [1.54, 1.807) is 0 Å². The van der Waals surface area contributed by atoms with Gasteiger partial charge in [-0.25, -0.2) is 0 Å². The van der Waals surface area contributed by atoms with E-state index in [1.165, 1.54) is 0 Å². The largest absolute Gasteiger partial charge is 0.360 e. The van der Waals surface area contributed by atoms with E-state index < -0.39 is 0 Å². The fraction of sp³-hybridized carbons (Fsp3) is 0.810. The average molecular weight is 366 g/mol. The van der Waals surface area contributed by atoms with E-state index in [0.717, 1.165) is 63.1 Å². The molecule has 1 heterocycles. The average Bonchev–Trinajstić information content (AvgIpc) is 2.96. The molecule has 0 fully saturated rings. The maximum absolute atomic E-state index is 12.7. The van der Waals surface area contributed by atoms with Crippen molar-refractivity contribution in [1.29, 1.82) is 0 Å². The molecule has 1 aromatic rings. The number of hydrogen-bond acceptors (Lipinski definition) is 4. The van der Waals surface area contributed by atoms with Gasteiger partial charge in [0.25, 0.3) is 5.91 Å². The van der Waals surface area contributed by atoms with Gasteiger partial charge in [-0.3, -0.25) is 4.79 Å². The number of amides is 1. The van der Waals surface area contributed by atoms with Crippen LogP contribution in [0, 0.1) is 12.3 Å². The first kappa shape index (κ1) is 22.7. The summed E-state index contributed by atoms with van der Waals surface area (Å²) >= 11 is 0. The molecule has 150 valence electrons. The molecule has 1 amide bonds. The Labute approximate surface area is 159 Å². The maximum atomic E-state index is 12.7. The number of hydrogen-bond donors (Lipinski definition) is 1. The fourth-order valence-electron chi connectivity index (χ4n) is 3.77. The summed E-state index contributed by atoms with van der Waals surface area (Å²) in [5.74, 6) is 0.662. The molecule has 0 aliphatic rings. The second-order valence-corrected chi connectivity index (χ2v) is 7.81. The molecular weight excluding hydrogens is 326 g/mol. The van der Waals surface area contributed by atoms with Gasteiger partial charge in [-0.15, -0.1) is 0 Å². The van der Waals surface area contributed by atoms with Gasteiger partial charge in [0.05, 0.1) is 0 Å². The van der Waals surface area contributed by atoms with Crippen LogP contribution in [0.2, 0.25) is 0 Å². The van der Waals surface area contributed by atoms with Gasteiger partial charge in [-0.05, 0) is 46.2 Å². The predicted molar refractivity (Wildman–Crippen MR) is 108 cm³/mol. The normalized spacial score (nSPS) is 15.1. The zero-order valence-corrected chi connectivity index (χ0v) is 17.9. The molecule has 1 N–H and O–H groups in total. The van der Waals surface area contributed by atoms with Crippen LogP contribution in [-0.2, 0) is 6.42 Å². The van der Waals surface area contributed by atoms with E-state index >= 15 is 0 Å². The SMILES string of the molecule is CCCN(CCC)CC(C)(CCC)C(C)NC(=O)c1noc(CC)c1C. The summed E-state index contributed by atoms with van der Waals surface area (Å²) in [6.07, 6.45) is 5.24. The minimum absolute atomic E-state index is 0.0278. The van der Waals surface area contributed by atoms with Crippen LogP contribution < -0.4 is 5.32 Å². The predicted octanol–water partition coefficient (Wildman–Crippen LogP) is 4.59. The van der Waals surface area contributed by atoms with E-state index in [0.29, 0.717) is 5.69 Å². The third-order valence-corrected chi connectivity index (χ3v) is 5.44. The maximum Gasteiger partial charge on any atom is 0.273 e. The molecule has 0 aliphatic carbocycles. The molecule has 0 bridgehead atoms. The van der Waals surface area contributed by atoms with Crippen LogP contribution in [0.25, 0.3) is 0 Å². The molecule has 0 aliphatic heterocycles. The van der Waals surface area contributed by atoms with Crippen LogP contribution in [0.15, 0.2) is 4.52 Å². The van der Waals surface area contributed by atoms with Crippen molar-refractivity contribution >= 4 is 5.91 Å². The molecule has 1 aromatic heterocycles. The van der Waals surface area contributed by atoms with E-state index in [-0.39, 0.29) is 17.4 Å². The summed E-state index contributed by atoms with van der Waals surface area (Å²) in [4.78, 5) is 15.3. The van der Waals surface area contributed by atoms with Gasteiger partial charge >= 0.3 is 0 Å². The summed E-state index contributed by atoms with van der Waals surface area (Å²) in [6.45, 7) is 18.2. The van der Waals surface area contributed by atoms with Crippen LogP contribution in [0.3, 0.4) is 0 Å². The van der Waals surface area contributed by atoms with Crippen molar-refractivity contribution in [2.45, 2.75) is 86.6 Å². The van der Waals surface area contributed by atoms with Gasteiger partial charge in [0, 0.05) is 30.0 Å². The second-order valence-electron chi connectivity index (χ2n) is 7.81. The zero-order chi connectivity index (χ0) is 19.7. The molecule has 2 atom stereocenters. The molecule has 5 heteroatoms. The number of carbonyl (C=O) groups excluding carboxylic acids is 1.